The zero-order valence-electron chi connectivity index (χ0n) is 6.32. The van der Waals surface area contributed by atoms with E-state index >= 15 is 0 Å². The van der Waals surface area contributed by atoms with E-state index in [1.807, 2.05) is 32.0 Å². The first-order valence-electron chi connectivity index (χ1n) is 3.01. The molecule has 0 spiro atoms. The third-order valence-corrected chi connectivity index (χ3v) is 1.09. The van der Waals surface area contributed by atoms with Gasteiger partial charge in [0.25, 0.3) is 0 Å². The predicted molar refractivity (Wildman–Crippen MR) is 40.6 cm³/mol. The first-order chi connectivity index (χ1) is 4.79. The molecule has 0 radical (unpaired) electrons. The first kappa shape index (κ1) is 10.1. The van der Waals surface area contributed by atoms with Crippen LogP contribution in [0.15, 0.2) is 18.2 Å². The summed E-state index contributed by atoms with van der Waals surface area (Å²) in [7, 11) is 4.76. The van der Waals surface area contributed by atoms with E-state index in [0.717, 1.165) is 17.3 Å². The van der Waals surface area contributed by atoms with Crippen molar-refractivity contribution in [3.63, 3.8) is 0 Å². The van der Waals surface area contributed by atoms with Crippen LogP contribution in [0.1, 0.15) is 11.1 Å². The van der Waals surface area contributed by atoms with Crippen molar-refractivity contribution < 1.29 is 17.3 Å². The monoisotopic (exact) mass is 204 g/mol. The average molecular weight is 206 g/mol. The van der Waals surface area contributed by atoms with Crippen molar-refractivity contribution in [3.05, 3.63) is 35.4 Å². The molecule has 0 bridgehead atoms. The van der Waals surface area contributed by atoms with E-state index in [9.17, 15) is 0 Å². The summed E-state index contributed by atoms with van der Waals surface area (Å²) in [5, 5.41) is 0. The Morgan fingerprint density at radius 2 is 1.60 bits per heavy atom. The maximum atomic E-state index is 4.76. The van der Waals surface area contributed by atoms with Crippen molar-refractivity contribution in [1.29, 1.82) is 0 Å². The van der Waals surface area contributed by atoms with Crippen LogP contribution in [0.2, 0.25) is 0 Å². The number of hydrogen-bond donors (Lipinski definition) is 0. The predicted octanol–water partition coefficient (Wildman–Crippen LogP) is 2.79. The molecule has 0 heterocycles. The van der Waals surface area contributed by atoms with E-state index in [0.29, 0.717) is 0 Å². The van der Waals surface area contributed by atoms with Crippen LogP contribution in [0.4, 0.5) is 0 Å². The molecule has 0 amide bonds. The number of benzene rings is 1. The molecule has 0 unspecified atom stereocenters. The molecule has 0 atom stereocenters. The standard InChI is InChI=1S/C8H9.ClH.Zn/c1-7-4-3-5-8(2)6-7;;/h3-5H,1-2H3;1H;/q-1;;+2/p-1. The SMILES string of the molecule is Cc1[c-]c(C)ccc1.[Cl][Zn+]. The van der Waals surface area contributed by atoms with Gasteiger partial charge in [0, 0.05) is 0 Å². The topological polar surface area (TPSA) is 0 Å². The van der Waals surface area contributed by atoms with Crippen LogP contribution in [-0.4, -0.2) is 0 Å². The maximum absolute atomic E-state index is 4.76. The summed E-state index contributed by atoms with van der Waals surface area (Å²) in [6, 6.07) is 9.31. The second-order valence-electron chi connectivity index (χ2n) is 2.02. The molecule has 1 aromatic carbocycles. The molecule has 0 nitrogen and oxygen atoms in total. The van der Waals surface area contributed by atoms with Crippen molar-refractivity contribution >= 4 is 9.69 Å². The average Bonchev–Trinajstić information content (AvgIpc) is 1.91. The van der Waals surface area contributed by atoms with Crippen LogP contribution in [0.25, 0.3) is 0 Å². The molecule has 2 heteroatoms. The van der Waals surface area contributed by atoms with E-state index in [4.69, 9.17) is 9.69 Å². The Hall–Kier alpha value is 0.133. The Kier molecular flexibility index (Phi) is 5.96. The Morgan fingerprint density at radius 1 is 1.20 bits per heavy atom. The van der Waals surface area contributed by atoms with Crippen LogP contribution in [0.5, 0.6) is 0 Å². The van der Waals surface area contributed by atoms with Crippen LogP contribution in [0.3, 0.4) is 0 Å². The molecule has 0 aliphatic carbocycles. The van der Waals surface area contributed by atoms with Crippen LogP contribution in [-0.2, 0) is 17.3 Å². The number of hydrogen-bond acceptors (Lipinski definition) is 0. The van der Waals surface area contributed by atoms with E-state index in [1.165, 1.54) is 11.1 Å². The Bertz CT molecular complexity index is 169. The minimum absolute atomic E-state index is 0.847. The molecule has 50 valence electrons. The molecule has 0 saturated carbocycles. The third kappa shape index (κ3) is 4.03. The number of aryl methyl sites for hydroxylation is 2. The van der Waals surface area contributed by atoms with Gasteiger partial charge in [0.1, 0.15) is 0 Å². The van der Waals surface area contributed by atoms with Gasteiger partial charge in [-0.1, -0.05) is 13.8 Å². The molecule has 1 aromatic rings. The van der Waals surface area contributed by atoms with Gasteiger partial charge in [0.2, 0.25) is 0 Å². The molecule has 0 N–H and O–H groups in total. The Balaban J connectivity index is 0.000000371. The molecular formula is C8H9ClZn. The molecule has 10 heavy (non-hydrogen) atoms. The van der Waals surface area contributed by atoms with Gasteiger partial charge in [-0.3, -0.25) is 0 Å². The quantitative estimate of drug-likeness (QED) is 0.452. The van der Waals surface area contributed by atoms with E-state index in [1.54, 1.807) is 0 Å². The van der Waals surface area contributed by atoms with E-state index in [2.05, 4.69) is 6.07 Å². The number of rotatable bonds is 0. The van der Waals surface area contributed by atoms with Crippen LogP contribution < -0.4 is 0 Å². The molecule has 0 aliphatic rings. The summed E-state index contributed by atoms with van der Waals surface area (Å²) in [5.41, 5.74) is 2.43. The fourth-order valence-electron chi connectivity index (χ4n) is 0.731. The summed E-state index contributed by atoms with van der Waals surface area (Å²) >= 11 is 0.847. The summed E-state index contributed by atoms with van der Waals surface area (Å²) in [4.78, 5) is 0. The molecule has 0 aliphatic heterocycles. The van der Waals surface area contributed by atoms with Gasteiger partial charge < -0.3 is 0 Å². The molecule has 0 saturated heterocycles. The zero-order chi connectivity index (χ0) is 7.98. The Morgan fingerprint density at radius 3 is 1.80 bits per heavy atom. The first-order valence-corrected chi connectivity index (χ1v) is 6.91. The van der Waals surface area contributed by atoms with Crippen molar-refractivity contribution in [2.75, 3.05) is 0 Å². The van der Waals surface area contributed by atoms with Crippen molar-refractivity contribution in [2.45, 2.75) is 13.8 Å². The van der Waals surface area contributed by atoms with Crippen LogP contribution in [0, 0.1) is 19.9 Å². The van der Waals surface area contributed by atoms with Gasteiger partial charge in [-0.25, -0.2) is 0 Å². The molecular weight excluding hydrogens is 197 g/mol. The van der Waals surface area contributed by atoms with Crippen molar-refractivity contribution in [1.82, 2.24) is 0 Å². The molecule has 1 rings (SSSR count). The van der Waals surface area contributed by atoms with Crippen molar-refractivity contribution in [3.8, 4) is 0 Å². The minimum atomic E-state index is 0.847. The second-order valence-corrected chi connectivity index (χ2v) is 2.02. The normalized spacial score (nSPS) is 8.10. The van der Waals surface area contributed by atoms with Gasteiger partial charge in [-0.15, -0.1) is 0 Å². The second kappa shape index (κ2) is 5.88. The summed E-state index contributed by atoms with van der Waals surface area (Å²) in [5.74, 6) is 0. The van der Waals surface area contributed by atoms with E-state index in [-0.39, 0.29) is 0 Å². The van der Waals surface area contributed by atoms with Gasteiger partial charge in [0.05, 0.1) is 0 Å². The van der Waals surface area contributed by atoms with Crippen molar-refractivity contribution in [2.24, 2.45) is 0 Å². The molecule has 0 fully saturated rings. The van der Waals surface area contributed by atoms with Gasteiger partial charge >= 0.3 is 27.0 Å². The van der Waals surface area contributed by atoms with Gasteiger partial charge in [0.15, 0.2) is 0 Å². The van der Waals surface area contributed by atoms with Crippen LogP contribution >= 0.6 is 9.69 Å². The zero-order valence-corrected chi connectivity index (χ0v) is 10.0. The summed E-state index contributed by atoms with van der Waals surface area (Å²) in [6.45, 7) is 4.10. The Labute approximate surface area is 76.3 Å². The third-order valence-electron chi connectivity index (χ3n) is 1.09. The summed E-state index contributed by atoms with van der Waals surface area (Å²) in [6.07, 6.45) is 0. The fraction of sp³-hybridized carbons (Fsp3) is 0.250. The van der Waals surface area contributed by atoms with Gasteiger partial charge in [-0.2, -0.15) is 35.4 Å². The number of halogens is 1. The molecule has 0 aromatic heterocycles. The van der Waals surface area contributed by atoms with E-state index < -0.39 is 0 Å². The van der Waals surface area contributed by atoms with Gasteiger partial charge in [-0.05, 0) is 0 Å². The summed E-state index contributed by atoms with van der Waals surface area (Å²) < 4.78 is 0. The fourth-order valence-corrected chi connectivity index (χ4v) is 0.731.